The first-order chi connectivity index (χ1) is 13.9. The summed E-state index contributed by atoms with van der Waals surface area (Å²) >= 11 is 12.2. The molecule has 4 nitrogen and oxygen atoms in total. The van der Waals surface area contributed by atoms with E-state index in [2.05, 4.69) is 10.2 Å². The molecule has 2 aliphatic rings. The minimum atomic E-state index is -3.15. The Labute approximate surface area is 183 Å². The van der Waals surface area contributed by atoms with Gasteiger partial charge >= 0.3 is 0 Å². The van der Waals surface area contributed by atoms with Crippen LogP contribution in [0.15, 0.2) is 42.5 Å². The van der Waals surface area contributed by atoms with Gasteiger partial charge in [0.1, 0.15) is 4.75 Å². The molecule has 0 aromatic heterocycles. The van der Waals surface area contributed by atoms with Gasteiger partial charge in [-0.3, -0.25) is 0 Å². The SMILES string of the molecule is CN[C@@H](CCN1CCC2(CC1)c1ccccc1CS2(=O)=O)c1ccc(Cl)c(Cl)c1. The predicted molar refractivity (Wildman–Crippen MR) is 119 cm³/mol. The van der Waals surface area contributed by atoms with Crippen LogP contribution in [0.5, 0.6) is 0 Å². The lowest BCUT2D eigenvalue weighted by atomic mass is 9.86. The number of hydrogen-bond donors (Lipinski definition) is 1. The van der Waals surface area contributed by atoms with E-state index in [1.54, 1.807) is 0 Å². The maximum absolute atomic E-state index is 13.0. The zero-order valence-electron chi connectivity index (χ0n) is 16.5. The third-order valence-corrected chi connectivity index (χ3v) is 9.79. The maximum atomic E-state index is 13.0. The Morgan fingerprint density at radius 1 is 1.10 bits per heavy atom. The molecule has 1 saturated heterocycles. The maximum Gasteiger partial charge on any atom is 0.164 e. The lowest BCUT2D eigenvalue weighted by molar-refractivity contribution is 0.188. The molecule has 2 aliphatic heterocycles. The Bertz CT molecular complexity index is 1000. The highest BCUT2D eigenvalue weighted by molar-refractivity contribution is 7.92. The predicted octanol–water partition coefficient (Wildman–Crippen LogP) is 4.56. The Hall–Kier alpha value is -1.11. The smallest absolute Gasteiger partial charge is 0.164 e. The fourth-order valence-corrected chi connectivity index (χ4v) is 7.42. The van der Waals surface area contributed by atoms with Crippen LogP contribution in [0.4, 0.5) is 0 Å². The molecule has 2 aromatic carbocycles. The first kappa shape index (κ1) is 21.1. The quantitative estimate of drug-likeness (QED) is 0.721. The van der Waals surface area contributed by atoms with E-state index in [1.165, 1.54) is 0 Å². The number of benzene rings is 2. The molecule has 0 saturated carbocycles. The van der Waals surface area contributed by atoms with Crippen molar-refractivity contribution in [1.29, 1.82) is 0 Å². The standard InChI is InChI=1S/C22H26Cl2N2O2S/c1-25-21(16-6-7-19(23)20(24)14-16)8-11-26-12-9-22(10-13-26)18-5-3-2-4-17(18)15-29(22,27)28/h2-7,14,21,25H,8-13,15H2,1H3/t21-/m0/s1. The zero-order valence-corrected chi connectivity index (χ0v) is 18.8. The van der Waals surface area contributed by atoms with E-state index in [1.807, 2.05) is 49.5 Å². The van der Waals surface area contributed by atoms with E-state index in [4.69, 9.17) is 23.2 Å². The average molecular weight is 453 g/mol. The summed E-state index contributed by atoms with van der Waals surface area (Å²) in [7, 11) is -1.20. The summed E-state index contributed by atoms with van der Waals surface area (Å²) in [5.74, 6) is 0.183. The molecule has 0 bridgehead atoms. The second-order valence-electron chi connectivity index (χ2n) is 8.06. The Kier molecular flexibility index (Phi) is 5.97. The van der Waals surface area contributed by atoms with Crippen LogP contribution in [0.2, 0.25) is 10.0 Å². The van der Waals surface area contributed by atoms with E-state index in [0.29, 0.717) is 22.9 Å². The number of rotatable bonds is 5. The van der Waals surface area contributed by atoms with Crippen LogP contribution < -0.4 is 5.32 Å². The topological polar surface area (TPSA) is 49.4 Å². The number of sulfone groups is 1. The van der Waals surface area contributed by atoms with Crippen LogP contribution in [-0.4, -0.2) is 40.0 Å². The lowest BCUT2D eigenvalue weighted by Gasteiger charge is -2.39. The van der Waals surface area contributed by atoms with Crippen LogP contribution in [0.3, 0.4) is 0 Å². The molecule has 29 heavy (non-hydrogen) atoms. The van der Waals surface area contributed by atoms with Crippen LogP contribution in [0.1, 0.15) is 42.0 Å². The Balaban J connectivity index is 1.42. The third-order valence-electron chi connectivity index (χ3n) is 6.54. The summed E-state index contributed by atoms with van der Waals surface area (Å²) in [6.07, 6.45) is 2.26. The molecular formula is C22H26Cl2N2O2S. The van der Waals surface area contributed by atoms with Crippen LogP contribution in [0.25, 0.3) is 0 Å². The van der Waals surface area contributed by atoms with Gasteiger partial charge in [0.15, 0.2) is 9.84 Å². The summed E-state index contributed by atoms with van der Waals surface area (Å²) < 4.78 is 25.3. The Morgan fingerprint density at radius 2 is 1.83 bits per heavy atom. The summed E-state index contributed by atoms with van der Waals surface area (Å²) in [5, 5.41) is 4.48. The second-order valence-corrected chi connectivity index (χ2v) is 11.2. The Morgan fingerprint density at radius 3 is 2.52 bits per heavy atom. The van der Waals surface area contributed by atoms with Crippen molar-refractivity contribution >= 4 is 33.0 Å². The zero-order chi connectivity index (χ0) is 20.6. The lowest BCUT2D eigenvalue weighted by Crippen LogP contribution is -2.45. The molecule has 0 unspecified atom stereocenters. The van der Waals surface area contributed by atoms with Crippen molar-refractivity contribution in [1.82, 2.24) is 10.2 Å². The fourth-order valence-electron chi connectivity index (χ4n) is 4.84. The van der Waals surface area contributed by atoms with Crippen LogP contribution in [0, 0.1) is 0 Å². The van der Waals surface area contributed by atoms with Crippen molar-refractivity contribution in [3.63, 3.8) is 0 Å². The van der Waals surface area contributed by atoms with Gasteiger partial charge in [0, 0.05) is 6.04 Å². The molecule has 1 spiro atoms. The van der Waals surface area contributed by atoms with Crippen LogP contribution in [-0.2, 0) is 20.3 Å². The number of halogens is 2. The van der Waals surface area contributed by atoms with Gasteiger partial charge in [0.2, 0.25) is 0 Å². The third kappa shape index (κ3) is 3.84. The monoisotopic (exact) mass is 452 g/mol. The molecule has 2 heterocycles. The molecule has 1 N–H and O–H groups in total. The normalized spacial score (nSPS) is 21.2. The largest absolute Gasteiger partial charge is 0.313 e. The molecule has 1 atom stereocenters. The molecule has 4 rings (SSSR count). The van der Waals surface area contributed by atoms with Gasteiger partial charge in [0.25, 0.3) is 0 Å². The van der Waals surface area contributed by atoms with Crippen molar-refractivity contribution in [2.75, 3.05) is 26.7 Å². The number of piperidine rings is 1. The first-order valence-electron chi connectivity index (χ1n) is 10.0. The summed E-state index contributed by atoms with van der Waals surface area (Å²) in [5.41, 5.74) is 3.13. The number of nitrogens with zero attached hydrogens (tertiary/aromatic N) is 1. The van der Waals surface area contributed by atoms with Gasteiger partial charge in [-0.2, -0.15) is 0 Å². The van der Waals surface area contributed by atoms with E-state index in [9.17, 15) is 8.42 Å². The molecule has 2 aromatic rings. The van der Waals surface area contributed by atoms with Crippen molar-refractivity contribution in [2.45, 2.75) is 35.8 Å². The van der Waals surface area contributed by atoms with E-state index >= 15 is 0 Å². The molecule has 156 valence electrons. The molecule has 0 radical (unpaired) electrons. The summed E-state index contributed by atoms with van der Waals surface area (Å²) in [6, 6.07) is 13.8. The fraction of sp³-hybridized carbons (Fsp3) is 0.455. The molecule has 0 aliphatic carbocycles. The number of likely N-dealkylation sites (tertiary alicyclic amines) is 1. The van der Waals surface area contributed by atoms with Crippen molar-refractivity contribution in [2.24, 2.45) is 0 Å². The van der Waals surface area contributed by atoms with Crippen LogP contribution >= 0.6 is 23.2 Å². The molecule has 1 fully saturated rings. The van der Waals surface area contributed by atoms with E-state index < -0.39 is 14.6 Å². The number of nitrogens with one attached hydrogen (secondary N) is 1. The first-order valence-corrected chi connectivity index (χ1v) is 12.4. The van der Waals surface area contributed by atoms with Gasteiger partial charge in [0.05, 0.1) is 15.8 Å². The molecule has 0 amide bonds. The number of hydrogen-bond acceptors (Lipinski definition) is 4. The van der Waals surface area contributed by atoms with Crippen molar-refractivity contribution < 1.29 is 8.42 Å². The minimum Gasteiger partial charge on any atom is -0.313 e. The van der Waals surface area contributed by atoms with Gasteiger partial charge in [-0.15, -0.1) is 0 Å². The summed E-state index contributed by atoms with van der Waals surface area (Å²) in [6.45, 7) is 2.50. The van der Waals surface area contributed by atoms with Crippen molar-refractivity contribution in [3.8, 4) is 0 Å². The highest BCUT2D eigenvalue weighted by Gasteiger charge is 2.52. The van der Waals surface area contributed by atoms with E-state index in [0.717, 1.165) is 42.7 Å². The average Bonchev–Trinajstić information content (AvgIpc) is 2.93. The second kappa shape index (κ2) is 8.20. The number of fused-ring (bicyclic) bond motifs is 2. The minimum absolute atomic E-state index is 0.177. The molecule has 7 heteroatoms. The highest BCUT2D eigenvalue weighted by Crippen LogP contribution is 2.48. The van der Waals surface area contributed by atoms with Gasteiger partial charge in [-0.1, -0.05) is 53.5 Å². The van der Waals surface area contributed by atoms with Gasteiger partial charge in [-0.05, 0) is 74.8 Å². The summed E-state index contributed by atoms with van der Waals surface area (Å²) in [4.78, 5) is 2.38. The molecular weight excluding hydrogens is 427 g/mol. The van der Waals surface area contributed by atoms with Gasteiger partial charge < -0.3 is 10.2 Å². The van der Waals surface area contributed by atoms with Crippen molar-refractivity contribution in [3.05, 3.63) is 69.2 Å². The van der Waals surface area contributed by atoms with E-state index in [-0.39, 0.29) is 11.8 Å². The van der Waals surface area contributed by atoms with Gasteiger partial charge in [-0.25, -0.2) is 8.42 Å². The highest BCUT2D eigenvalue weighted by atomic mass is 35.5.